The zero-order chi connectivity index (χ0) is 47.0. The summed E-state index contributed by atoms with van der Waals surface area (Å²) in [5.74, 6) is 0.588. The Bertz CT molecular complexity index is 971. The number of carbonyl (C=O) groups excluding carboxylic acids is 3. The van der Waals surface area contributed by atoms with Crippen molar-refractivity contribution in [3.05, 3.63) is 0 Å². The van der Waals surface area contributed by atoms with E-state index in [0.717, 1.165) is 141 Å². The number of esters is 3. The highest BCUT2D eigenvalue weighted by molar-refractivity contribution is 5.73. The predicted molar refractivity (Wildman–Crippen MR) is 259 cm³/mol. The van der Waals surface area contributed by atoms with E-state index in [1.165, 1.54) is 0 Å². The van der Waals surface area contributed by atoms with Gasteiger partial charge in [-0.2, -0.15) is 0 Å². The minimum atomic E-state index is -0.458. The highest BCUT2D eigenvalue weighted by Crippen LogP contribution is 2.22. The van der Waals surface area contributed by atoms with Gasteiger partial charge in [-0.25, -0.2) is 0 Å². The van der Waals surface area contributed by atoms with Crippen molar-refractivity contribution in [1.29, 1.82) is 0 Å². The highest BCUT2D eigenvalue weighted by atomic mass is 16.7. The number of ether oxygens (including phenoxy) is 7. The summed E-state index contributed by atoms with van der Waals surface area (Å²) < 4.78 is 42.7. The lowest BCUT2D eigenvalue weighted by atomic mass is 9.99. The summed E-state index contributed by atoms with van der Waals surface area (Å²) in [6.45, 7) is 22.0. The first kappa shape index (κ1) is 60.2. The van der Waals surface area contributed by atoms with Gasteiger partial charge in [0.15, 0.2) is 12.6 Å². The Hall–Kier alpha value is -1.79. The van der Waals surface area contributed by atoms with Crippen LogP contribution >= 0.6 is 0 Å². The Morgan fingerprint density at radius 1 is 0.422 bits per heavy atom. The molecule has 11 nitrogen and oxygen atoms in total. The van der Waals surface area contributed by atoms with Crippen molar-refractivity contribution in [3.63, 3.8) is 0 Å². The van der Waals surface area contributed by atoms with Gasteiger partial charge in [0.05, 0.1) is 38.3 Å². The maximum atomic E-state index is 13.0. The first-order chi connectivity index (χ1) is 31.2. The van der Waals surface area contributed by atoms with Crippen LogP contribution in [0.2, 0.25) is 0 Å². The summed E-state index contributed by atoms with van der Waals surface area (Å²) in [4.78, 5) is 38.7. The second-order valence-electron chi connectivity index (χ2n) is 19.0. The van der Waals surface area contributed by atoms with Crippen LogP contribution in [-0.4, -0.2) is 89.8 Å². The van der Waals surface area contributed by atoms with Gasteiger partial charge >= 0.3 is 17.9 Å². The van der Waals surface area contributed by atoms with E-state index < -0.39 is 5.92 Å². The molecule has 0 saturated carbocycles. The summed E-state index contributed by atoms with van der Waals surface area (Å²) in [7, 11) is 0. The number of carbonyl (C=O) groups is 3. The molecule has 1 rings (SSSR count). The van der Waals surface area contributed by atoms with Crippen LogP contribution in [0.25, 0.3) is 0 Å². The standard InChI is InChI=1S/C53H101NO10/c1-9-21-43(22-10-2)36-60-51(61-37-44(23-11-3)24-12-4)31-19-17-29-49(55)58-40-47(42-64-53(57)48-33-34-54-35-48)41-59-50(56)30-18-20-32-52(62-38-45(25-13-5)26-14-6)63-39-46(27-15-7)28-16-8/h43-48,51-52,54H,9-42H2,1-8H3. The van der Waals surface area contributed by atoms with Crippen LogP contribution in [0.4, 0.5) is 0 Å². The van der Waals surface area contributed by atoms with E-state index in [-0.39, 0.29) is 69.1 Å². The van der Waals surface area contributed by atoms with Gasteiger partial charge in [0, 0.05) is 19.4 Å². The minimum absolute atomic E-state index is 0.00805. The second-order valence-corrected chi connectivity index (χ2v) is 19.0. The zero-order valence-electron chi connectivity index (χ0n) is 42.7. The van der Waals surface area contributed by atoms with Gasteiger partial charge in [0.25, 0.3) is 0 Å². The molecule has 1 unspecified atom stereocenters. The minimum Gasteiger partial charge on any atom is -0.465 e. The molecule has 64 heavy (non-hydrogen) atoms. The molecular weight excluding hydrogens is 811 g/mol. The number of nitrogens with one attached hydrogen (secondary N) is 1. The maximum Gasteiger partial charge on any atom is 0.310 e. The molecule has 0 aromatic heterocycles. The molecule has 1 N–H and O–H groups in total. The summed E-state index contributed by atoms with van der Waals surface area (Å²) in [5.41, 5.74) is 0. The van der Waals surface area contributed by atoms with Gasteiger partial charge in [-0.15, -0.1) is 0 Å². The lowest BCUT2D eigenvalue weighted by Gasteiger charge is -2.25. The first-order valence-electron chi connectivity index (χ1n) is 26.8. The molecule has 1 heterocycles. The van der Waals surface area contributed by atoms with Crippen molar-refractivity contribution in [2.24, 2.45) is 35.5 Å². The summed E-state index contributed by atoms with van der Waals surface area (Å²) in [6, 6.07) is 0. The van der Waals surface area contributed by atoms with E-state index >= 15 is 0 Å². The van der Waals surface area contributed by atoms with E-state index in [9.17, 15) is 14.4 Å². The Kier molecular flexibility index (Phi) is 39.0. The Labute approximate surface area is 393 Å². The van der Waals surface area contributed by atoms with Crippen molar-refractivity contribution in [2.45, 2.75) is 228 Å². The van der Waals surface area contributed by atoms with Gasteiger partial charge in [0.1, 0.15) is 19.8 Å². The molecule has 11 heteroatoms. The molecule has 0 aromatic rings. The predicted octanol–water partition coefficient (Wildman–Crippen LogP) is 12.5. The molecule has 378 valence electrons. The summed E-state index contributed by atoms with van der Waals surface area (Å²) in [5, 5.41) is 3.20. The molecule has 0 bridgehead atoms. The van der Waals surface area contributed by atoms with Crippen LogP contribution in [0.15, 0.2) is 0 Å². The van der Waals surface area contributed by atoms with Crippen LogP contribution in [-0.2, 0) is 47.5 Å². The average Bonchev–Trinajstić information content (AvgIpc) is 3.83. The molecule has 1 aliphatic rings. The second kappa shape index (κ2) is 41.4. The first-order valence-corrected chi connectivity index (χ1v) is 26.8. The van der Waals surface area contributed by atoms with Crippen molar-refractivity contribution in [3.8, 4) is 0 Å². The summed E-state index contributed by atoms with van der Waals surface area (Å²) in [6.07, 6.45) is 23.4. The molecule has 0 aliphatic carbocycles. The van der Waals surface area contributed by atoms with E-state index in [0.29, 0.717) is 69.5 Å². The Morgan fingerprint density at radius 2 is 0.750 bits per heavy atom. The molecule has 0 radical (unpaired) electrons. The van der Waals surface area contributed by atoms with E-state index in [2.05, 4.69) is 60.7 Å². The third-order valence-electron chi connectivity index (χ3n) is 12.6. The molecule has 0 aromatic carbocycles. The van der Waals surface area contributed by atoms with Crippen molar-refractivity contribution in [2.75, 3.05) is 59.3 Å². The van der Waals surface area contributed by atoms with Crippen LogP contribution in [0.3, 0.4) is 0 Å². The third-order valence-corrected chi connectivity index (χ3v) is 12.6. The van der Waals surface area contributed by atoms with Gasteiger partial charge in [0.2, 0.25) is 0 Å². The lowest BCUT2D eigenvalue weighted by Crippen LogP contribution is -2.29. The molecule has 1 saturated heterocycles. The van der Waals surface area contributed by atoms with Crippen molar-refractivity contribution >= 4 is 17.9 Å². The fourth-order valence-electron chi connectivity index (χ4n) is 8.96. The molecular formula is C53H101NO10. The Balaban J connectivity index is 2.74. The fraction of sp³-hybridized carbons (Fsp3) is 0.943. The van der Waals surface area contributed by atoms with E-state index in [1.807, 2.05) is 0 Å². The van der Waals surface area contributed by atoms with Crippen molar-refractivity contribution in [1.82, 2.24) is 5.32 Å². The largest absolute Gasteiger partial charge is 0.465 e. The van der Waals surface area contributed by atoms with Crippen molar-refractivity contribution < 1.29 is 47.5 Å². The molecule has 1 fully saturated rings. The van der Waals surface area contributed by atoms with Gasteiger partial charge < -0.3 is 38.5 Å². The van der Waals surface area contributed by atoms with Gasteiger partial charge in [-0.05, 0) is 127 Å². The Morgan fingerprint density at radius 3 is 1.05 bits per heavy atom. The topological polar surface area (TPSA) is 128 Å². The highest BCUT2D eigenvalue weighted by Gasteiger charge is 2.26. The number of hydrogen-bond donors (Lipinski definition) is 1. The SMILES string of the molecule is CCCC(CCC)COC(CCCCC(=O)OCC(COC(=O)CCCCC(OCC(CCC)CCC)OCC(CCC)CCC)COC(=O)C1CCNC1)OCC(CCC)CCC. The molecule has 0 spiro atoms. The quantitative estimate of drug-likeness (QED) is 0.0271. The lowest BCUT2D eigenvalue weighted by molar-refractivity contribution is -0.163. The number of unbranched alkanes of at least 4 members (excludes halogenated alkanes) is 2. The third kappa shape index (κ3) is 31.2. The van der Waals surface area contributed by atoms with Gasteiger partial charge in [-0.3, -0.25) is 14.4 Å². The fourth-order valence-corrected chi connectivity index (χ4v) is 8.96. The number of hydrogen-bond acceptors (Lipinski definition) is 11. The molecule has 1 aliphatic heterocycles. The molecule has 1 atom stereocenters. The van der Waals surface area contributed by atoms with Gasteiger partial charge in [-0.1, -0.05) is 107 Å². The number of rotatable bonds is 45. The van der Waals surface area contributed by atoms with Crippen LogP contribution in [0.1, 0.15) is 216 Å². The summed E-state index contributed by atoms with van der Waals surface area (Å²) >= 11 is 0. The smallest absolute Gasteiger partial charge is 0.310 e. The normalized spacial score (nSPS) is 14.4. The monoisotopic (exact) mass is 912 g/mol. The van der Waals surface area contributed by atoms with Crippen LogP contribution < -0.4 is 5.32 Å². The van der Waals surface area contributed by atoms with E-state index in [1.54, 1.807) is 0 Å². The van der Waals surface area contributed by atoms with Crippen LogP contribution in [0, 0.1) is 35.5 Å². The van der Waals surface area contributed by atoms with E-state index in [4.69, 9.17) is 33.2 Å². The average molecular weight is 912 g/mol. The maximum absolute atomic E-state index is 13.0. The molecule has 0 amide bonds. The zero-order valence-corrected chi connectivity index (χ0v) is 42.7. The van der Waals surface area contributed by atoms with Crippen LogP contribution in [0.5, 0.6) is 0 Å².